The van der Waals surface area contributed by atoms with Gasteiger partial charge in [0.1, 0.15) is 18.5 Å². The first-order chi connectivity index (χ1) is 10.1. The maximum Gasteiger partial charge on any atom is 0.206 e. The van der Waals surface area contributed by atoms with Gasteiger partial charge in [-0.1, -0.05) is 24.3 Å². The number of benzene rings is 2. The van der Waals surface area contributed by atoms with E-state index in [-0.39, 0.29) is 11.0 Å². The van der Waals surface area contributed by atoms with Crippen LogP contribution in [-0.2, 0) is 14.6 Å². The van der Waals surface area contributed by atoms with Gasteiger partial charge in [0.05, 0.1) is 16.4 Å². The maximum atomic E-state index is 12.7. The van der Waals surface area contributed by atoms with Crippen LogP contribution in [0.4, 0.5) is 0 Å². The zero-order valence-electron chi connectivity index (χ0n) is 11.7. The summed E-state index contributed by atoms with van der Waals surface area (Å²) in [7, 11) is -3.53. The molecule has 2 aromatic rings. The lowest BCUT2D eigenvalue weighted by atomic mass is 10.2. The molecule has 1 heterocycles. The van der Waals surface area contributed by atoms with Crippen LogP contribution in [0.2, 0.25) is 0 Å². The Morgan fingerprint density at radius 2 is 1.95 bits per heavy atom. The molecule has 0 radical (unpaired) electrons. The van der Waals surface area contributed by atoms with Gasteiger partial charge in [0.15, 0.2) is 0 Å². The lowest BCUT2D eigenvalue weighted by Crippen LogP contribution is -2.06. The van der Waals surface area contributed by atoms with Crippen molar-refractivity contribution in [1.82, 2.24) is 0 Å². The fourth-order valence-electron chi connectivity index (χ4n) is 2.07. The molecule has 0 aliphatic carbocycles. The molecular formula is C16H16O4S. The summed E-state index contributed by atoms with van der Waals surface area (Å²) >= 11 is 0. The highest BCUT2D eigenvalue weighted by Crippen LogP contribution is 2.26. The van der Waals surface area contributed by atoms with Crippen molar-refractivity contribution in [3.63, 3.8) is 0 Å². The second-order valence-electron chi connectivity index (χ2n) is 5.01. The molecule has 1 unspecified atom stereocenters. The lowest BCUT2D eigenvalue weighted by Gasteiger charge is -2.09. The molecule has 0 amide bonds. The van der Waals surface area contributed by atoms with E-state index in [1.807, 2.05) is 6.07 Å². The van der Waals surface area contributed by atoms with Crippen LogP contribution in [0.5, 0.6) is 5.75 Å². The molecule has 1 aliphatic heterocycles. The molecule has 0 aromatic heterocycles. The standard InChI is InChI=1S/C16H16O4S/c1-12-5-2-3-8-16(12)21(17,18)15-7-4-6-13(9-15)19-10-14-11-20-14/h2-9,14H,10-11H2,1H3. The molecule has 1 atom stereocenters. The van der Waals surface area contributed by atoms with Crippen LogP contribution >= 0.6 is 0 Å². The molecule has 1 aliphatic rings. The van der Waals surface area contributed by atoms with Crippen molar-refractivity contribution in [2.24, 2.45) is 0 Å². The number of hydrogen-bond donors (Lipinski definition) is 0. The average Bonchev–Trinajstić information content (AvgIpc) is 3.30. The van der Waals surface area contributed by atoms with Crippen molar-refractivity contribution < 1.29 is 17.9 Å². The molecule has 5 heteroatoms. The highest BCUT2D eigenvalue weighted by atomic mass is 32.2. The third-order valence-electron chi connectivity index (χ3n) is 3.34. The SMILES string of the molecule is Cc1ccccc1S(=O)(=O)c1cccc(OCC2CO2)c1. The van der Waals surface area contributed by atoms with Crippen molar-refractivity contribution in [3.05, 3.63) is 54.1 Å². The van der Waals surface area contributed by atoms with Crippen LogP contribution in [0.1, 0.15) is 5.56 Å². The molecule has 110 valence electrons. The first kappa shape index (κ1) is 14.1. The van der Waals surface area contributed by atoms with E-state index in [2.05, 4.69) is 0 Å². The van der Waals surface area contributed by atoms with E-state index in [9.17, 15) is 8.42 Å². The van der Waals surface area contributed by atoms with Gasteiger partial charge >= 0.3 is 0 Å². The number of sulfone groups is 1. The Bertz CT molecular complexity index is 748. The van der Waals surface area contributed by atoms with Crippen molar-refractivity contribution in [1.29, 1.82) is 0 Å². The topological polar surface area (TPSA) is 55.9 Å². The third kappa shape index (κ3) is 3.09. The molecule has 1 fully saturated rings. The minimum absolute atomic E-state index is 0.140. The summed E-state index contributed by atoms with van der Waals surface area (Å²) in [6.45, 7) is 2.95. The summed E-state index contributed by atoms with van der Waals surface area (Å²) in [6.07, 6.45) is 0.140. The quantitative estimate of drug-likeness (QED) is 0.797. The number of ether oxygens (including phenoxy) is 2. The van der Waals surface area contributed by atoms with Crippen LogP contribution in [0.3, 0.4) is 0 Å². The van der Waals surface area contributed by atoms with Crippen molar-refractivity contribution in [2.45, 2.75) is 22.8 Å². The highest BCUT2D eigenvalue weighted by Gasteiger charge is 2.24. The normalized spacial score (nSPS) is 17.5. The van der Waals surface area contributed by atoms with Gasteiger partial charge in [-0.3, -0.25) is 0 Å². The molecule has 0 bridgehead atoms. The Balaban J connectivity index is 1.91. The molecule has 3 rings (SSSR count). The first-order valence-electron chi connectivity index (χ1n) is 6.72. The minimum Gasteiger partial charge on any atom is -0.491 e. The fraction of sp³-hybridized carbons (Fsp3) is 0.250. The van der Waals surface area contributed by atoms with Gasteiger partial charge in [0.2, 0.25) is 9.84 Å². The average molecular weight is 304 g/mol. The van der Waals surface area contributed by atoms with Gasteiger partial charge in [-0.2, -0.15) is 0 Å². The predicted octanol–water partition coefficient (Wildman–Crippen LogP) is 2.61. The van der Waals surface area contributed by atoms with Crippen molar-refractivity contribution in [2.75, 3.05) is 13.2 Å². The van der Waals surface area contributed by atoms with E-state index < -0.39 is 9.84 Å². The number of hydrogen-bond acceptors (Lipinski definition) is 4. The van der Waals surface area contributed by atoms with E-state index >= 15 is 0 Å². The van der Waals surface area contributed by atoms with Crippen LogP contribution < -0.4 is 4.74 Å². The molecule has 2 aromatic carbocycles. The van der Waals surface area contributed by atoms with Gasteiger partial charge in [-0.05, 0) is 36.8 Å². The summed E-state index contributed by atoms with van der Waals surface area (Å²) < 4.78 is 36.0. The molecule has 1 saturated heterocycles. The highest BCUT2D eigenvalue weighted by molar-refractivity contribution is 7.91. The monoisotopic (exact) mass is 304 g/mol. The van der Waals surface area contributed by atoms with Crippen LogP contribution in [0, 0.1) is 6.92 Å². The zero-order valence-corrected chi connectivity index (χ0v) is 12.5. The predicted molar refractivity (Wildman–Crippen MR) is 78.3 cm³/mol. The van der Waals surface area contributed by atoms with E-state index in [1.165, 1.54) is 0 Å². The maximum absolute atomic E-state index is 12.7. The molecule has 0 spiro atoms. The van der Waals surface area contributed by atoms with Crippen LogP contribution in [0.25, 0.3) is 0 Å². The summed E-state index contributed by atoms with van der Waals surface area (Å²) in [5.74, 6) is 0.542. The Morgan fingerprint density at radius 3 is 2.67 bits per heavy atom. The molecule has 4 nitrogen and oxygen atoms in total. The summed E-state index contributed by atoms with van der Waals surface area (Å²) in [5.41, 5.74) is 0.732. The zero-order chi connectivity index (χ0) is 14.9. The van der Waals surface area contributed by atoms with Gasteiger partial charge < -0.3 is 9.47 Å². The van der Waals surface area contributed by atoms with Crippen LogP contribution in [-0.4, -0.2) is 27.7 Å². The van der Waals surface area contributed by atoms with Gasteiger partial charge in [0.25, 0.3) is 0 Å². The molecule has 21 heavy (non-hydrogen) atoms. The molecular weight excluding hydrogens is 288 g/mol. The largest absolute Gasteiger partial charge is 0.491 e. The Labute approximate surface area is 124 Å². The van der Waals surface area contributed by atoms with E-state index in [4.69, 9.17) is 9.47 Å². The van der Waals surface area contributed by atoms with Crippen LogP contribution in [0.15, 0.2) is 58.3 Å². The van der Waals surface area contributed by atoms with Gasteiger partial charge in [0, 0.05) is 0 Å². The second-order valence-corrected chi connectivity index (χ2v) is 6.93. The van der Waals surface area contributed by atoms with E-state index in [0.717, 1.165) is 5.56 Å². The van der Waals surface area contributed by atoms with E-state index in [0.29, 0.717) is 23.9 Å². The Morgan fingerprint density at radius 1 is 1.19 bits per heavy atom. The third-order valence-corrected chi connectivity index (χ3v) is 5.25. The summed E-state index contributed by atoms with van der Waals surface area (Å²) in [4.78, 5) is 0.568. The number of aryl methyl sites for hydroxylation is 1. The van der Waals surface area contributed by atoms with Gasteiger partial charge in [-0.25, -0.2) is 8.42 Å². The minimum atomic E-state index is -3.53. The Hall–Kier alpha value is -1.85. The number of epoxide rings is 1. The number of rotatable bonds is 5. The van der Waals surface area contributed by atoms with E-state index in [1.54, 1.807) is 49.4 Å². The Kier molecular flexibility index (Phi) is 3.69. The smallest absolute Gasteiger partial charge is 0.206 e. The van der Waals surface area contributed by atoms with Gasteiger partial charge in [-0.15, -0.1) is 0 Å². The second kappa shape index (κ2) is 5.50. The lowest BCUT2D eigenvalue weighted by molar-refractivity contribution is 0.262. The van der Waals surface area contributed by atoms with Crippen molar-refractivity contribution in [3.8, 4) is 5.75 Å². The molecule has 0 N–H and O–H groups in total. The van der Waals surface area contributed by atoms with Crippen molar-refractivity contribution >= 4 is 9.84 Å². The summed E-state index contributed by atoms with van der Waals surface area (Å²) in [6, 6.07) is 13.5. The first-order valence-corrected chi connectivity index (χ1v) is 8.21. The fourth-order valence-corrected chi connectivity index (χ4v) is 3.60. The summed E-state index contributed by atoms with van der Waals surface area (Å²) in [5, 5.41) is 0. The molecule has 0 saturated carbocycles.